The summed E-state index contributed by atoms with van der Waals surface area (Å²) in [5, 5.41) is 7.02. The fraction of sp³-hybridized carbons (Fsp3) is 0.588. The smallest absolute Gasteiger partial charge is 0.231 e. The molecule has 1 aromatic carbocycles. The van der Waals surface area contributed by atoms with Gasteiger partial charge in [-0.05, 0) is 49.2 Å². The summed E-state index contributed by atoms with van der Waals surface area (Å²) in [4.78, 5) is 0. The van der Waals surface area contributed by atoms with Crippen molar-refractivity contribution in [3.05, 3.63) is 23.8 Å². The van der Waals surface area contributed by atoms with Gasteiger partial charge in [-0.3, -0.25) is 0 Å². The first-order valence-electron chi connectivity index (χ1n) is 8.41. The van der Waals surface area contributed by atoms with Crippen molar-refractivity contribution in [1.29, 1.82) is 0 Å². The summed E-state index contributed by atoms with van der Waals surface area (Å²) in [6, 6.07) is 5.89. The van der Waals surface area contributed by atoms with Crippen LogP contribution in [0.15, 0.2) is 18.2 Å². The van der Waals surface area contributed by atoms with Gasteiger partial charge in [0, 0.05) is 26.3 Å². The molecule has 0 amide bonds. The van der Waals surface area contributed by atoms with Crippen LogP contribution in [0.2, 0.25) is 0 Å². The van der Waals surface area contributed by atoms with Crippen LogP contribution in [0.1, 0.15) is 24.8 Å². The molecule has 3 rings (SSSR count). The van der Waals surface area contributed by atoms with Crippen molar-refractivity contribution in [3.63, 3.8) is 0 Å². The number of fused-ring (bicyclic) bond motifs is 1. The molecule has 2 N–H and O–H groups in total. The van der Waals surface area contributed by atoms with E-state index in [0.717, 1.165) is 56.1 Å². The summed E-state index contributed by atoms with van der Waals surface area (Å²) in [6.45, 7) is 4.03. The first-order valence-corrected chi connectivity index (χ1v) is 8.81. The Labute approximate surface area is 147 Å². The van der Waals surface area contributed by atoms with Crippen molar-refractivity contribution in [1.82, 2.24) is 10.6 Å². The largest absolute Gasteiger partial charge is 0.454 e. The molecule has 2 aliphatic heterocycles. The minimum Gasteiger partial charge on any atom is -0.454 e. The second kappa shape index (κ2) is 9.05. The molecule has 1 aromatic rings. The van der Waals surface area contributed by atoms with Crippen LogP contribution in [-0.4, -0.2) is 44.4 Å². The molecule has 1 fully saturated rings. The molecular weight excluding hydrogens is 328 g/mol. The lowest BCUT2D eigenvalue weighted by Crippen LogP contribution is -2.35. The standard InChI is InChI=1S/C17H24N2O4S/c24-17(18-6-2-7-20-11-14-3-1-8-21-14)19-10-13-4-5-15-16(9-13)23-12-22-15/h4-5,9,14H,1-3,6-8,10-12H2,(H2,18,19,24)/t14-/m1/s1. The molecular formula is C17H24N2O4S. The van der Waals surface area contributed by atoms with Gasteiger partial charge in [-0.2, -0.15) is 0 Å². The van der Waals surface area contributed by atoms with Crippen LogP contribution in [0.5, 0.6) is 11.5 Å². The average molecular weight is 352 g/mol. The van der Waals surface area contributed by atoms with E-state index in [4.69, 9.17) is 31.2 Å². The van der Waals surface area contributed by atoms with Gasteiger partial charge < -0.3 is 29.6 Å². The van der Waals surface area contributed by atoms with E-state index in [0.29, 0.717) is 31.2 Å². The number of hydrogen-bond acceptors (Lipinski definition) is 5. The van der Waals surface area contributed by atoms with Crippen LogP contribution in [-0.2, 0) is 16.0 Å². The Hall–Kier alpha value is -1.57. The van der Waals surface area contributed by atoms with E-state index in [1.54, 1.807) is 0 Å². The molecule has 7 heteroatoms. The van der Waals surface area contributed by atoms with Crippen LogP contribution in [0.25, 0.3) is 0 Å². The molecule has 0 spiro atoms. The number of ether oxygens (including phenoxy) is 4. The van der Waals surface area contributed by atoms with Gasteiger partial charge in [0.05, 0.1) is 12.7 Å². The molecule has 2 aliphatic rings. The predicted molar refractivity (Wildman–Crippen MR) is 94.4 cm³/mol. The summed E-state index contributed by atoms with van der Waals surface area (Å²) >= 11 is 5.28. The first-order chi connectivity index (χ1) is 11.8. The number of thiocarbonyl (C=S) groups is 1. The van der Waals surface area contributed by atoms with Gasteiger partial charge in [0.25, 0.3) is 0 Å². The van der Waals surface area contributed by atoms with Crippen molar-refractivity contribution in [3.8, 4) is 11.5 Å². The maximum Gasteiger partial charge on any atom is 0.231 e. The summed E-state index contributed by atoms with van der Waals surface area (Å²) in [5.74, 6) is 1.58. The van der Waals surface area contributed by atoms with E-state index < -0.39 is 0 Å². The quantitative estimate of drug-likeness (QED) is 0.548. The number of rotatable bonds is 8. The highest BCUT2D eigenvalue weighted by molar-refractivity contribution is 7.80. The maximum absolute atomic E-state index is 5.62. The van der Waals surface area contributed by atoms with E-state index >= 15 is 0 Å². The zero-order valence-corrected chi connectivity index (χ0v) is 14.5. The minimum absolute atomic E-state index is 0.293. The van der Waals surface area contributed by atoms with Crippen LogP contribution >= 0.6 is 12.2 Å². The Morgan fingerprint density at radius 1 is 1.25 bits per heavy atom. The van der Waals surface area contributed by atoms with Crippen LogP contribution < -0.4 is 20.1 Å². The maximum atomic E-state index is 5.62. The van der Waals surface area contributed by atoms with Gasteiger partial charge in [0.1, 0.15) is 0 Å². The predicted octanol–water partition coefficient (Wildman–Crippen LogP) is 1.97. The highest BCUT2D eigenvalue weighted by atomic mass is 32.1. The molecule has 6 nitrogen and oxygen atoms in total. The van der Waals surface area contributed by atoms with E-state index in [-0.39, 0.29) is 0 Å². The summed E-state index contributed by atoms with van der Waals surface area (Å²) in [5.41, 5.74) is 1.10. The Bertz CT molecular complexity index is 549. The Kier molecular flexibility index (Phi) is 6.51. The topological polar surface area (TPSA) is 61.0 Å². The molecule has 0 radical (unpaired) electrons. The zero-order chi connectivity index (χ0) is 16.6. The van der Waals surface area contributed by atoms with Gasteiger partial charge >= 0.3 is 0 Å². The molecule has 1 atom stereocenters. The van der Waals surface area contributed by atoms with Crippen molar-refractivity contribution >= 4 is 17.3 Å². The first kappa shape index (κ1) is 17.3. The second-order valence-corrected chi connectivity index (χ2v) is 6.27. The SMILES string of the molecule is S=C(NCCCOC[C@H]1CCCO1)NCc1ccc2c(c1)OCO2. The average Bonchev–Trinajstić information content (AvgIpc) is 3.26. The van der Waals surface area contributed by atoms with Crippen molar-refractivity contribution in [2.75, 3.05) is 33.2 Å². The summed E-state index contributed by atoms with van der Waals surface area (Å²) in [6.07, 6.45) is 3.48. The third kappa shape index (κ3) is 5.22. The highest BCUT2D eigenvalue weighted by Crippen LogP contribution is 2.32. The van der Waals surface area contributed by atoms with Gasteiger partial charge in [-0.1, -0.05) is 6.07 Å². The number of hydrogen-bond donors (Lipinski definition) is 2. The van der Waals surface area contributed by atoms with E-state index in [2.05, 4.69) is 10.6 Å². The van der Waals surface area contributed by atoms with E-state index in [1.807, 2.05) is 18.2 Å². The van der Waals surface area contributed by atoms with Crippen LogP contribution in [0, 0.1) is 0 Å². The lowest BCUT2D eigenvalue weighted by molar-refractivity contribution is 0.0168. The molecule has 132 valence electrons. The van der Waals surface area contributed by atoms with Crippen molar-refractivity contribution in [2.24, 2.45) is 0 Å². The summed E-state index contributed by atoms with van der Waals surface area (Å²) < 4.78 is 21.8. The zero-order valence-electron chi connectivity index (χ0n) is 13.7. The minimum atomic E-state index is 0.293. The lowest BCUT2D eigenvalue weighted by Gasteiger charge is -2.12. The van der Waals surface area contributed by atoms with Crippen LogP contribution in [0.3, 0.4) is 0 Å². The number of nitrogens with one attached hydrogen (secondary N) is 2. The van der Waals surface area contributed by atoms with E-state index in [9.17, 15) is 0 Å². The fourth-order valence-corrected chi connectivity index (χ4v) is 2.84. The van der Waals surface area contributed by atoms with Gasteiger partial charge in [-0.15, -0.1) is 0 Å². The normalized spacial score (nSPS) is 18.6. The van der Waals surface area contributed by atoms with Crippen molar-refractivity contribution in [2.45, 2.75) is 31.9 Å². The van der Waals surface area contributed by atoms with Gasteiger partial charge in [0.15, 0.2) is 16.6 Å². The Morgan fingerprint density at radius 3 is 3.04 bits per heavy atom. The van der Waals surface area contributed by atoms with Crippen molar-refractivity contribution < 1.29 is 18.9 Å². The molecule has 1 saturated heterocycles. The molecule has 24 heavy (non-hydrogen) atoms. The Morgan fingerprint density at radius 2 is 2.17 bits per heavy atom. The molecule has 2 heterocycles. The lowest BCUT2D eigenvalue weighted by atomic mass is 10.2. The van der Waals surface area contributed by atoms with Gasteiger partial charge in [0.2, 0.25) is 6.79 Å². The number of benzene rings is 1. The highest BCUT2D eigenvalue weighted by Gasteiger charge is 2.15. The third-order valence-corrected chi connectivity index (χ3v) is 4.26. The van der Waals surface area contributed by atoms with E-state index in [1.165, 1.54) is 0 Å². The molecule has 0 unspecified atom stereocenters. The fourth-order valence-electron chi connectivity index (χ4n) is 2.66. The third-order valence-electron chi connectivity index (χ3n) is 3.97. The molecule has 0 aromatic heterocycles. The molecule has 0 saturated carbocycles. The molecule has 0 bridgehead atoms. The monoisotopic (exact) mass is 352 g/mol. The Balaban J connectivity index is 1.23. The second-order valence-electron chi connectivity index (χ2n) is 5.86. The van der Waals surface area contributed by atoms with Gasteiger partial charge in [-0.25, -0.2) is 0 Å². The molecule has 0 aliphatic carbocycles. The van der Waals surface area contributed by atoms with Crippen LogP contribution in [0.4, 0.5) is 0 Å². The summed E-state index contributed by atoms with van der Waals surface area (Å²) in [7, 11) is 0.